The summed E-state index contributed by atoms with van der Waals surface area (Å²) in [6.07, 6.45) is 6.93. The number of carbonyl (C=O) groups is 2. The van der Waals surface area contributed by atoms with E-state index in [-0.39, 0.29) is 11.8 Å². The van der Waals surface area contributed by atoms with Crippen LogP contribution < -0.4 is 0 Å². The molecule has 142 valence electrons. The van der Waals surface area contributed by atoms with Crippen LogP contribution in [0, 0.1) is 5.92 Å². The van der Waals surface area contributed by atoms with Gasteiger partial charge in [0.15, 0.2) is 0 Å². The van der Waals surface area contributed by atoms with Crippen molar-refractivity contribution in [3.05, 3.63) is 66.0 Å². The van der Waals surface area contributed by atoms with E-state index in [4.69, 9.17) is 0 Å². The number of rotatable bonds is 6. The number of likely N-dealkylation sites (tertiary alicyclic amines) is 1. The van der Waals surface area contributed by atoms with Crippen molar-refractivity contribution in [3.8, 4) is 0 Å². The summed E-state index contributed by atoms with van der Waals surface area (Å²) in [5, 5.41) is 0. The molecular weight excluding hydrogens is 338 g/mol. The Morgan fingerprint density at radius 1 is 1.11 bits per heavy atom. The van der Waals surface area contributed by atoms with E-state index < -0.39 is 0 Å². The standard InChI is InChI=1S/C22H27N3O2/c1-24(17-19-6-5-13-23-16-19)21(26)10-9-18-11-14-25(15-12-18)22(27)20-7-3-2-4-8-20/h2-8,13,16,18H,9-12,14-15,17H2,1H3. The number of hydrogen-bond acceptors (Lipinski definition) is 3. The molecule has 0 unspecified atom stereocenters. The van der Waals surface area contributed by atoms with E-state index in [0.717, 1.165) is 43.5 Å². The third-order valence-electron chi connectivity index (χ3n) is 5.26. The van der Waals surface area contributed by atoms with Crippen molar-refractivity contribution >= 4 is 11.8 Å². The minimum Gasteiger partial charge on any atom is -0.341 e. The molecule has 5 heteroatoms. The maximum atomic E-state index is 12.5. The van der Waals surface area contributed by atoms with Crippen LogP contribution in [0.25, 0.3) is 0 Å². The van der Waals surface area contributed by atoms with Crippen LogP contribution in [0.1, 0.15) is 41.6 Å². The first-order valence-electron chi connectivity index (χ1n) is 9.60. The molecule has 3 rings (SSSR count). The smallest absolute Gasteiger partial charge is 0.253 e. The SMILES string of the molecule is CN(Cc1cccnc1)C(=O)CCC1CCN(C(=O)c2ccccc2)CC1. The van der Waals surface area contributed by atoms with Gasteiger partial charge in [-0.3, -0.25) is 14.6 Å². The van der Waals surface area contributed by atoms with E-state index in [0.29, 0.717) is 18.9 Å². The zero-order valence-corrected chi connectivity index (χ0v) is 15.9. The normalized spacial score (nSPS) is 14.8. The maximum Gasteiger partial charge on any atom is 0.253 e. The Bertz CT molecular complexity index is 741. The maximum absolute atomic E-state index is 12.5. The molecule has 0 bridgehead atoms. The number of piperidine rings is 1. The molecule has 1 aromatic carbocycles. The lowest BCUT2D eigenvalue weighted by Gasteiger charge is -2.32. The Morgan fingerprint density at radius 3 is 2.52 bits per heavy atom. The highest BCUT2D eigenvalue weighted by Gasteiger charge is 2.24. The summed E-state index contributed by atoms with van der Waals surface area (Å²) in [6, 6.07) is 13.3. The summed E-state index contributed by atoms with van der Waals surface area (Å²) in [5.74, 6) is 0.795. The molecule has 1 aliphatic rings. The number of carbonyl (C=O) groups excluding carboxylic acids is 2. The monoisotopic (exact) mass is 365 g/mol. The number of benzene rings is 1. The van der Waals surface area contributed by atoms with E-state index in [1.165, 1.54) is 0 Å². The van der Waals surface area contributed by atoms with Gasteiger partial charge in [-0.15, -0.1) is 0 Å². The van der Waals surface area contributed by atoms with Gasteiger partial charge in [-0.2, -0.15) is 0 Å². The first kappa shape index (κ1) is 19.1. The zero-order chi connectivity index (χ0) is 19.1. The van der Waals surface area contributed by atoms with Gasteiger partial charge in [0.05, 0.1) is 0 Å². The van der Waals surface area contributed by atoms with Crippen molar-refractivity contribution in [3.63, 3.8) is 0 Å². The predicted octanol–water partition coefficient (Wildman–Crippen LogP) is 3.37. The average Bonchev–Trinajstić information content (AvgIpc) is 2.73. The van der Waals surface area contributed by atoms with Gasteiger partial charge in [0.25, 0.3) is 5.91 Å². The Morgan fingerprint density at radius 2 is 1.85 bits per heavy atom. The van der Waals surface area contributed by atoms with Crippen molar-refractivity contribution in [2.45, 2.75) is 32.2 Å². The molecule has 2 heterocycles. The molecular formula is C22H27N3O2. The number of amides is 2. The van der Waals surface area contributed by atoms with Gasteiger partial charge in [0.1, 0.15) is 0 Å². The number of nitrogens with zero attached hydrogens (tertiary/aromatic N) is 3. The molecule has 1 aromatic heterocycles. The second-order valence-electron chi connectivity index (χ2n) is 7.25. The lowest BCUT2D eigenvalue weighted by atomic mass is 9.91. The molecule has 27 heavy (non-hydrogen) atoms. The highest BCUT2D eigenvalue weighted by molar-refractivity contribution is 5.94. The van der Waals surface area contributed by atoms with Crippen LogP contribution in [0.3, 0.4) is 0 Å². The highest BCUT2D eigenvalue weighted by Crippen LogP contribution is 2.23. The summed E-state index contributed by atoms with van der Waals surface area (Å²) >= 11 is 0. The Labute approximate surface area is 161 Å². The van der Waals surface area contributed by atoms with Crippen LogP contribution in [0.5, 0.6) is 0 Å². The van der Waals surface area contributed by atoms with Gasteiger partial charge < -0.3 is 9.80 Å². The van der Waals surface area contributed by atoms with E-state index in [1.807, 2.05) is 54.4 Å². The van der Waals surface area contributed by atoms with E-state index >= 15 is 0 Å². The first-order chi connectivity index (χ1) is 13.1. The van der Waals surface area contributed by atoms with Crippen LogP contribution in [-0.4, -0.2) is 46.7 Å². The van der Waals surface area contributed by atoms with Crippen LogP contribution in [0.4, 0.5) is 0 Å². The van der Waals surface area contributed by atoms with E-state index in [1.54, 1.807) is 17.3 Å². The van der Waals surface area contributed by atoms with Crippen molar-refractivity contribution in [2.75, 3.05) is 20.1 Å². The second-order valence-corrected chi connectivity index (χ2v) is 7.25. The van der Waals surface area contributed by atoms with Crippen LogP contribution >= 0.6 is 0 Å². The topological polar surface area (TPSA) is 53.5 Å². The summed E-state index contributed by atoms with van der Waals surface area (Å²) in [5.41, 5.74) is 1.80. The minimum atomic E-state index is 0.112. The van der Waals surface area contributed by atoms with Crippen molar-refractivity contribution < 1.29 is 9.59 Å². The molecule has 1 saturated heterocycles. The molecule has 1 aliphatic heterocycles. The molecule has 0 atom stereocenters. The molecule has 0 spiro atoms. The average molecular weight is 365 g/mol. The van der Waals surface area contributed by atoms with Gasteiger partial charge in [0.2, 0.25) is 5.91 Å². The van der Waals surface area contributed by atoms with Gasteiger partial charge in [0, 0.05) is 51.1 Å². The van der Waals surface area contributed by atoms with Crippen LogP contribution in [-0.2, 0) is 11.3 Å². The summed E-state index contributed by atoms with van der Waals surface area (Å²) in [6.45, 7) is 2.15. The van der Waals surface area contributed by atoms with Crippen molar-refractivity contribution in [2.24, 2.45) is 5.92 Å². The van der Waals surface area contributed by atoms with E-state index in [9.17, 15) is 9.59 Å². The zero-order valence-electron chi connectivity index (χ0n) is 15.9. The van der Waals surface area contributed by atoms with Gasteiger partial charge in [-0.05, 0) is 48.9 Å². The third kappa shape index (κ3) is 5.39. The lowest BCUT2D eigenvalue weighted by Crippen LogP contribution is -2.38. The molecule has 2 aromatic rings. The Hall–Kier alpha value is -2.69. The quantitative estimate of drug-likeness (QED) is 0.789. The fraction of sp³-hybridized carbons (Fsp3) is 0.409. The minimum absolute atomic E-state index is 0.112. The summed E-state index contributed by atoms with van der Waals surface area (Å²) < 4.78 is 0. The number of aromatic nitrogens is 1. The van der Waals surface area contributed by atoms with Gasteiger partial charge in [-0.1, -0.05) is 24.3 Å². The third-order valence-corrected chi connectivity index (χ3v) is 5.26. The number of pyridine rings is 1. The molecule has 5 nitrogen and oxygen atoms in total. The molecule has 0 aliphatic carbocycles. The van der Waals surface area contributed by atoms with Crippen LogP contribution in [0.15, 0.2) is 54.9 Å². The van der Waals surface area contributed by atoms with E-state index in [2.05, 4.69) is 4.98 Å². The summed E-state index contributed by atoms with van der Waals surface area (Å²) in [4.78, 5) is 32.7. The predicted molar refractivity (Wildman–Crippen MR) is 105 cm³/mol. The van der Waals surface area contributed by atoms with Gasteiger partial charge in [-0.25, -0.2) is 0 Å². The van der Waals surface area contributed by atoms with Crippen molar-refractivity contribution in [1.29, 1.82) is 0 Å². The number of hydrogen-bond donors (Lipinski definition) is 0. The fourth-order valence-corrected chi connectivity index (χ4v) is 3.56. The molecule has 0 saturated carbocycles. The lowest BCUT2D eigenvalue weighted by molar-refractivity contribution is -0.130. The highest BCUT2D eigenvalue weighted by atomic mass is 16.2. The largest absolute Gasteiger partial charge is 0.341 e. The first-order valence-corrected chi connectivity index (χ1v) is 9.60. The molecule has 0 N–H and O–H groups in total. The van der Waals surface area contributed by atoms with Crippen molar-refractivity contribution in [1.82, 2.24) is 14.8 Å². The van der Waals surface area contributed by atoms with Crippen LogP contribution in [0.2, 0.25) is 0 Å². The second kappa shape index (κ2) is 9.31. The Balaban J connectivity index is 1.40. The molecule has 2 amide bonds. The molecule has 0 radical (unpaired) electrons. The van der Waals surface area contributed by atoms with Gasteiger partial charge >= 0.3 is 0 Å². The summed E-state index contributed by atoms with van der Waals surface area (Å²) in [7, 11) is 1.84. The fourth-order valence-electron chi connectivity index (χ4n) is 3.56. The Kier molecular flexibility index (Phi) is 6.58. The molecule has 1 fully saturated rings.